The van der Waals surface area contributed by atoms with Crippen molar-refractivity contribution < 1.29 is 33.4 Å². The Labute approximate surface area is 189 Å². The fraction of sp³-hybridized carbons (Fsp3) is 0.667. The first-order valence-electron chi connectivity index (χ1n) is 10.2. The molecule has 4 N–H and O–H groups in total. The van der Waals surface area contributed by atoms with E-state index in [1.54, 1.807) is 20.8 Å². The number of rotatable bonds is 10. The highest BCUT2D eigenvalue weighted by Crippen LogP contribution is 2.12. The smallest absolute Gasteiger partial charge is 0.408 e. The molecule has 0 bridgehead atoms. The van der Waals surface area contributed by atoms with Crippen molar-refractivity contribution in [2.24, 2.45) is 0 Å². The van der Waals surface area contributed by atoms with Crippen LogP contribution in [0, 0.1) is 0 Å². The molecule has 0 aromatic heterocycles. The number of carbonyl (C=O) groups is 5. The zero-order valence-corrected chi connectivity index (χ0v) is 20.1. The summed E-state index contributed by atoms with van der Waals surface area (Å²) in [5.41, 5.74) is -2.16. The lowest BCUT2D eigenvalue weighted by Gasteiger charge is -2.31. The Hall–Kier alpha value is -3.11. The Bertz CT molecular complexity index is 732. The van der Waals surface area contributed by atoms with Crippen LogP contribution in [0.1, 0.15) is 54.9 Å². The average Bonchev–Trinajstić information content (AvgIpc) is 2.65. The van der Waals surface area contributed by atoms with Gasteiger partial charge in [-0.15, -0.1) is 6.58 Å². The van der Waals surface area contributed by atoms with Crippen LogP contribution in [-0.4, -0.2) is 66.2 Å². The van der Waals surface area contributed by atoms with Crippen LogP contribution < -0.4 is 21.3 Å². The molecule has 0 aliphatic carbocycles. The highest BCUT2D eigenvalue weighted by molar-refractivity contribution is 5.96. The molecule has 0 saturated carbocycles. The minimum atomic E-state index is -1.43. The van der Waals surface area contributed by atoms with Gasteiger partial charge in [-0.2, -0.15) is 0 Å². The minimum Gasteiger partial charge on any atom is -0.467 e. The third kappa shape index (κ3) is 9.80. The van der Waals surface area contributed by atoms with Crippen molar-refractivity contribution >= 4 is 29.8 Å². The SMILES string of the molecule is C=CC[C@@](C)(NC(=O)[C@H](C)NC(=O)[C@H](C)NC(=O)OC(C)(C)C)C(=O)N[C@@H](C)C(=O)OC. The molecular weight excluding hydrogens is 420 g/mol. The van der Waals surface area contributed by atoms with E-state index in [9.17, 15) is 24.0 Å². The summed E-state index contributed by atoms with van der Waals surface area (Å²) in [4.78, 5) is 61.0. The standard InChI is InChI=1S/C21H36N4O7/c1-10-11-21(8,18(29)23-14(4)17(28)31-9)25-16(27)13(3)22-15(26)12(2)24-19(30)32-20(5,6)7/h10,12-14H,1,11H2,2-9H3,(H,22,26)(H,23,29)(H,24,30)(H,25,27)/t12-,13-,14-,21+/m0/s1. The van der Waals surface area contributed by atoms with Crippen LogP contribution in [0.2, 0.25) is 0 Å². The van der Waals surface area contributed by atoms with Gasteiger partial charge in [0.25, 0.3) is 0 Å². The Morgan fingerprint density at radius 3 is 1.88 bits per heavy atom. The molecule has 0 aromatic carbocycles. The number of carbonyl (C=O) groups excluding carboxylic acids is 5. The van der Waals surface area contributed by atoms with Gasteiger partial charge in [0.15, 0.2) is 0 Å². The molecule has 0 rings (SSSR count). The molecule has 0 aromatic rings. The topological polar surface area (TPSA) is 152 Å². The predicted octanol–water partition coefficient (Wildman–Crippen LogP) is 0.533. The highest BCUT2D eigenvalue weighted by Gasteiger charge is 2.37. The third-order valence-corrected chi connectivity index (χ3v) is 4.23. The van der Waals surface area contributed by atoms with E-state index in [0.29, 0.717) is 0 Å². The van der Waals surface area contributed by atoms with E-state index in [1.807, 2.05) is 0 Å². The molecule has 182 valence electrons. The van der Waals surface area contributed by atoms with Crippen LogP contribution in [0.4, 0.5) is 4.79 Å². The van der Waals surface area contributed by atoms with Crippen LogP contribution in [-0.2, 0) is 28.7 Å². The summed E-state index contributed by atoms with van der Waals surface area (Å²) >= 11 is 0. The number of nitrogens with one attached hydrogen (secondary N) is 4. The van der Waals surface area contributed by atoms with E-state index in [0.717, 1.165) is 0 Å². The molecule has 4 amide bonds. The Morgan fingerprint density at radius 2 is 1.41 bits per heavy atom. The summed E-state index contributed by atoms with van der Waals surface area (Å²) in [6, 6.07) is -2.92. The molecule has 32 heavy (non-hydrogen) atoms. The van der Waals surface area contributed by atoms with Gasteiger partial charge in [-0.1, -0.05) is 6.08 Å². The second-order valence-electron chi connectivity index (χ2n) is 8.63. The van der Waals surface area contributed by atoms with Gasteiger partial charge in [0.1, 0.15) is 29.3 Å². The molecular formula is C21H36N4O7. The first-order chi connectivity index (χ1) is 14.6. The minimum absolute atomic E-state index is 0.0652. The lowest BCUT2D eigenvalue weighted by molar-refractivity contribution is -0.145. The second-order valence-corrected chi connectivity index (χ2v) is 8.63. The number of methoxy groups -OCH3 is 1. The molecule has 0 radical (unpaired) electrons. The molecule has 11 nitrogen and oxygen atoms in total. The fourth-order valence-electron chi connectivity index (χ4n) is 2.41. The Balaban J connectivity index is 5.07. The molecule has 0 heterocycles. The summed E-state index contributed by atoms with van der Waals surface area (Å²) in [5, 5.41) is 9.89. The number of hydrogen-bond donors (Lipinski definition) is 4. The van der Waals surface area contributed by atoms with E-state index in [1.165, 1.54) is 40.9 Å². The summed E-state index contributed by atoms with van der Waals surface area (Å²) in [5.74, 6) is -2.53. The zero-order chi connectivity index (χ0) is 25.3. The Morgan fingerprint density at radius 1 is 0.875 bits per heavy atom. The molecule has 11 heteroatoms. The van der Waals surface area contributed by atoms with Crippen LogP contribution in [0.25, 0.3) is 0 Å². The van der Waals surface area contributed by atoms with Crippen molar-refractivity contribution in [2.45, 2.75) is 84.2 Å². The van der Waals surface area contributed by atoms with Crippen LogP contribution in [0.5, 0.6) is 0 Å². The third-order valence-electron chi connectivity index (χ3n) is 4.23. The second kappa shape index (κ2) is 12.1. The van der Waals surface area contributed by atoms with Crippen molar-refractivity contribution in [3.8, 4) is 0 Å². The van der Waals surface area contributed by atoms with Gasteiger partial charge in [-0.25, -0.2) is 9.59 Å². The van der Waals surface area contributed by atoms with Crippen LogP contribution >= 0.6 is 0 Å². The largest absolute Gasteiger partial charge is 0.467 e. The lowest BCUT2D eigenvalue weighted by Crippen LogP contribution is -2.62. The van der Waals surface area contributed by atoms with Gasteiger partial charge < -0.3 is 30.7 Å². The summed E-state index contributed by atoms with van der Waals surface area (Å²) < 4.78 is 9.67. The molecule has 0 unspecified atom stereocenters. The number of alkyl carbamates (subject to hydrolysis) is 1. The van der Waals surface area contributed by atoms with Gasteiger partial charge in [0.05, 0.1) is 7.11 Å². The average molecular weight is 457 g/mol. The molecule has 0 aliphatic heterocycles. The lowest BCUT2D eigenvalue weighted by atomic mass is 9.95. The van der Waals surface area contributed by atoms with Gasteiger partial charge in [0, 0.05) is 0 Å². The van der Waals surface area contributed by atoms with Gasteiger partial charge >= 0.3 is 12.1 Å². The van der Waals surface area contributed by atoms with Crippen molar-refractivity contribution in [3.63, 3.8) is 0 Å². The van der Waals surface area contributed by atoms with Crippen molar-refractivity contribution in [3.05, 3.63) is 12.7 Å². The van der Waals surface area contributed by atoms with Crippen LogP contribution in [0.3, 0.4) is 0 Å². The molecule has 0 saturated heterocycles. The van der Waals surface area contributed by atoms with Crippen molar-refractivity contribution in [1.82, 2.24) is 21.3 Å². The van der Waals surface area contributed by atoms with E-state index >= 15 is 0 Å². The normalized spacial score (nSPS) is 15.6. The molecule has 0 spiro atoms. The van der Waals surface area contributed by atoms with Crippen molar-refractivity contribution in [1.29, 1.82) is 0 Å². The van der Waals surface area contributed by atoms with E-state index in [2.05, 4.69) is 32.6 Å². The maximum atomic E-state index is 12.7. The zero-order valence-electron chi connectivity index (χ0n) is 20.1. The predicted molar refractivity (Wildman–Crippen MR) is 117 cm³/mol. The van der Waals surface area contributed by atoms with Crippen LogP contribution in [0.15, 0.2) is 12.7 Å². The van der Waals surface area contributed by atoms with Gasteiger partial charge in [-0.3, -0.25) is 14.4 Å². The number of ether oxygens (including phenoxy) is 2. The number of esters is 1. The molecule has 0 aliphatic rings. The Kier molecular flexibility index (Phi) is 10.9. The highest BCUT2D eigenvalue weighted by atomic mass is 16.6. The van der Waals surface area contributed by atoms with E-state index in [-0.39, 0.29) is 6.42 Å². The quantitative estimate of drug-likeness (QED) is 0.276. The van der Waals surface area contributed by atoms with E-state index in [4.69, 9.17) is 4.74 Å². The maximum absolute atomic E-state index is 12.7. The maximum Gasteiger partial charge on any atom is 0.408 e. The van der Waals surface area contributed by atoms with E-state index < -0.39 is 59.0 Å². The monoisotopic (exact) mass is 456 g/mol. The van der Waals surface area contributed by atoms with Gasteiger partial charge in [0.2, 0.25) is 17.7 Å². The van der Waals surface area contributed by atoms with Gasteiger partial charge in [-0.05, 0) is 54.9 Å². The fourth-order valence-corrected chi connectivity index (χ4v) is 2.41. The summed E-state index contributed by atoms with van der Waals surface area (Å²) in [6.07, 6.45) is 0.737. The number of hydrogen-bond acceptors (Lipinski definition) is 7. The first kappa shape index (κ1) is 28.9. The summed E-state index contributed by atoms with van der Waals surface area (Å²) in [7, 11) is 1.19. The molecule has 4 atom stereocenters. The number of amides is 4. The first-order valence-corrected chi connectivity index (χ1v) is 10.2. The molecule has 0 fully saturated rings. The van der Waals surface area contributed by atoms with Crippen molar-refractivity contribution in [2.75, 3.05) is 7.11 Å². The summed E-state index contributed by atoms with van der Waals surface area (Å²) in [6.45, 7) is 14.4.